The van der Waals surface area contributed by atoms with Crippen molar-refractivity contribution in [1.29, 1.82) is 0 Å². The SMILES string of the molecule is COCCOc1cc(OCCOC)c2c(c1)O[C@@](c1ccc(Br)cc1)([C@@H](CC=O)c1ccccc1)C2=O. The number of Topliss-reactive ketones (excluding diaryl/α,β-unsaturated/α-hetero) is 1. The van der Waals surface area contributed by atoms with Crippen LogP contribution in [0.15, 0.2) is 71.2 Å². The van der Waals surface area contributed by atoms with Crippen LogP contribution in [0.1, 0.15) is 33.8 Å². The predicted molar refractivity (Wildman–Crippen MR) is 142 cm³/mol. The lowest BCUT2D eigenvalue weighted by molar-refractivity contribution is -0.109. The van der Waals surface area contributed by atoms with Gasteiger partial charge in [-0.3, -0.25) is 4.79 Å². The van der Waals surface area contributed by atoms with E-state index in [2.05, 4.69) is 15.9 Å². The van der Waals surface area contributed by atoms with Crippen molar-refractivity contribution in [2.75, 3.05) is 40.6 Å². The maximum absolute atomic E-state index is 14.5. The Labute approximate surface area is 224 Å². The third-order valence-corrected chi connectivity index (χ3v) is 6.80. The van der Waals surface area contributed by atoms with Gasteiger partial charge in [0, 0.05) is 48.7 Å². The molecule has 0 fully saturated rings. The first-order chi connectivity index (χ1) is 18.0. The summed E-state index contributed by atoms with van der Waals surface area (Å²) in [6, 6.07) is 20.2. The summed E-state index contributed by atoms with van der Waals surface area (Å²) >= 11 is 3.47. The zero-order chi connectivity index (χ0) is 26.3. The molecule has 194 valence electrons. The van der Waals surface area contributed by atoms with E-state index in [-0.39, 0.29) is 18.8 Å². The van der Waals surface area contributed by atoms with Gasteiger partial charge in [-0.2, -0.15) is 0 Å². The molecule has 0 amide bonds. The molecule has 0 saturated carbocycles. The molecule has 0 bridgehead atoms. The van der Waals surface area contributed by atoms with E-state index < -0.39 is 11.5 Å². The highest BCUT2D eigenvalue weighted by Crippen LogP contribution is 2.54. The zero-order valence-electron chi connectivity index (χ0n) is 20.8. The first kappa shape index (κ1) is 26.9. The number of hydrogen-bond acceptors (Lipinski definition) is 7. The number of ether oxygens (including phenoxy) is 5. The Bertz CT molecular complexity index is 1210. The number of carbonyl (C=O) groups is 2. The normalized spacial score (nSPS) is 17.1. The third-order valence-electron chi connectivity index (χ3n) is 6.27. The molecule has 1 aliphatic rings. The molecule has 0 unspecified atom stereocenters. The summed E-state index contributed by atoms with van der Waals surface area (Å²) in [5.41, 5.74) is 0.273. The summed E-state index contributed by atoms with van der Waals surface area (Å²) in [4.78, 5) is 26.4. The molecule has 2 atom stereocenters. The Kier molecular flexibility index (Phi) is 8.97. The molecule has 0 radical (unpaired) electrons. The van der Waals surface area contributed by atoms with Crippen LogP contribution in [0.5, 0.6) is 17.2 Å². The van der Waals surface area contributed by atoms with E-state index in [1.165, 1.54) is 0 Å². The second-order valence-electron chi connectivity index (χ2n) is 8.52. The van der Waals surface area contributed by atoms with Crippen LogP contribution < -0.4 is 14.2 Å². The second kappa shape index (κ2) is 12.4. The van der Waals surface area contributed by atoms with E-state index in [1.54, 1.807) is 26.4 Å². The van der Waals surface area contributed by atoms with Gasteiger partial charge in [0.05, 0.1) is 13.2 Å². The summed E-state index contributed by atoms with van der Waals surface area (Å²) in [7, 11) is 3.17. The average molecular weight is 569 g/mol. The van der Waals surface area contributed by atoms with Gasteiger partial charge >= 0.3 is 0 Å². The fourth-order valence-electron chi connectivity index (χ4n) is 4.59. The molecule has 0 saturated heterocycles. The number of halogens is 1. The van der Waals surface area contributed by atoms with E-state index in [4.69, 9.17) is 23.7 Å². The summed E-state index contributed by atoms with van der Waals surface area (Å²) in [6.45, 7) is 1.29. The van der Waals surface area contributed by atoms with E-state index in [9.17, 15) is 9.59 Å². The number of hydrogen-bond donors (Lipinski definition) is 0. The summed E-state index contributed by atoms with van der Waals surface area (Å²) in [6.07, 6.45) is 0.907. The largest absolute Gasteiger partial charge is 0.491 e. The van der Waals surface area contributed by atoms with Crippen molar-refractivity contribution < 1.29 is 33.3 Å². The van der Waals surface area contributed by atoms with E-state index in [1.807, 2.05) is 54.6 Å². The molecule has 0 N–H and O–H groups in total. The van der Waals surface area contributed by atoms with Gasteiger partial charge in [-0.1, -0.05) is 58.4 Å². The molecule has 0 aliphatic carbocycles. The van der Waals surface area contributed by atoms with Gasteiger partial charge in [0.25, 0.3) is 0 Å². The molecule has 37 heavy (non-hydrogen) atoms. The van der Waals surface area contributed by atoms with Crippen LogP contribution in [0, 0.1) is 0 Å². The Balaban J connectivity index is 1.88. The van der Waals surface area contributed by atoms with E-state index in [0.29, 0.717) is 48.2 Å². The van der Waals surface area contributed by atoms with Crippen LogP contribution in [0.2, 0.25) is 0 Å². The smallest absolute Gasteiger partial charge is 0.219 e. The highest BCUT2D eigenvalue weighted by molar-refractivity contribution is 9.10. The minimum atomic E-state index is -1.49. The van der Waals surface area contributed by atoms with Gasteiger partial charge in [-0.25, -0.2) is 0 Å². The van der Waals surface area contributed by atoms with E-state index in [0.717, 1.165) is 16.3 Å². The van der Waals surface area contributed by atoms with Crippen LogP contribution in [-0.2, 0) is 19.9 Å². The zero-order valence-corrected chi connectivity index (χ0v) is 22.4. The van der Waals surface area contributed by atoms with E-state index >= 15 is 0 Å². The molecular weight excluding hydrogens is 540 g/mol. The first-order valence-corrected chi connectivity index (χ1v) is 12.7. The maximum Gasteiger partial charge on any atom is 0.219 e. The van der Waals surface area contributed by atoms with Crippen molar-refractivity contribution in [2.24, 2.45) is 0 Å². The lowest BCUT2D eigenvalue weighted by Gasteiger charge is -2.35. The van der Waals surface area contributed by atoms with Crippen LogP contribution in [-0.4, -0.2) is 52.7 Å². The molecule has 7 nitrogen and oxygen atoms in total. The number of fused-ring (bicyclic) bond motifs is 1. The number of ketones is 1. The fourth-order valence-corrected chi connectivity index (χ4v) is 4.85. The third kappa shape index (κ3) is 5.56. The van der Waals surface area contributed by atoms with Gasteiger partial charge < -0.3 is 28.5 Å². The molecule has 1 heterocycles. The molecule has 8 heteroatoms. The lowest BCUT2D eigenvalue weighted by atomic mass is 9.72. The number of carbonyl (C=O) groups excluding carboxylic acids is 2. The Hall–Kier alpha value is -3.20. The minimum absolute atomic E-state index is 0.0802. The summed E-state index contributed by atoms with van der Waals surface area (Å²) in [5, 5.41) is 0. The van der Waals surface area contributed by atoms with Crippen LogP contribution in [0.3, 0.4) is 0 Å². The van der Waals surface area contributed by atoms with Gasteiger partial charge in [-0.15, -0.1) is 0 Å². The van der Waals surface area contributed by atoms with Gasteiger partial charge in [0.1, 0.15) is 42.3 Å². The van der Waals surface area contributed by atoms with Crippen molar-refractivity contribution in [3.63, 3.8) is 0 Å². The standard InChI is InChI=1S/C29H29BrO7/c1-33-14-16-35-23-18-25(36-17-15-34-2)27-26(19-23)37-29(28(27)32,21-8-10-22(30)11-9-21)24(12-13-31)20-6-4-3-5-7-20/h3-11,13,18-19,24H,12,14-17H2,1-2H3/t24-,29-/m0/s1. The van der Waals surface area contributed by atoms with Crippen molar-refractivity contribution in [3.05, 3.63) is 87.9 Å². The Morgan fingerprint density at radius 1 is 0.919 bits per heavy atom. The van der Waals surface area contributed by atoms with Gasteiger partial charge in [-0.05, 0) is 17.7 Å². The van der Waals surface area contributed by atoms with Gasteiger partial charge in [0.15, 0.2) is 0 Å². The van der Waals surface area contributed by atoms with Crippen LogP contribution in [0.4, 0.5) is 0 Å². The van der Waals surface area contributed by atoms with Crippen molar-refractivity contribution in [1.82, 2.24) is 0 Å². The summed E-state index contributed by atoms with van der Waals surface area (Å²) in [5.74, 6) is 0.286. The average Bonchev–Trinajstić information content (AvgIpc) is 3.21. The van der Waals surface area contributed by atoms with Crippen LogP contribution >= 0.6 is 15.9 Å². The van der Waals surface area contributed by atoms with Crippen molar-refractivity contribution in [3.8, 4) is 17.2 Å². The molecular formula is C29H29BrO7. The number of benzene rings is 3. The van der Waals surface area contributed by atoms with Gasteiger partial charge in [0.2, 0.25) is 11.4 Å². The van der Waals surface area contributed by atoms with Crippen molar-refractivity contribution in [2.45, 2.75) is 17.9 Å². The maximum atomic E-state index is 14.5. The second-order valence-corrected chi connectivity index (χ2v) is 9.43. The Morgan fingerprint density at radius 3 is 2.24 bits per heavy atom. The highest BCUT2D eigenvalue weighted by Gasteiger charge is 2.56. The molecule has 3 aromatic rings. The monoisotopic (exact) mass is 568 g/mol. The molecule has 0 aromatic heterocycles. The highest BCUT2D eigenvalue weighted by atomic mass is 79.9. The fraction of sp³-hybridized carbons (Fsp3) is 0.310. The Morgan fingerprint density at radius 2 is 1.59 bits per heavy atom. The number of methoxy groups -OCH3 is 2. The lowest BCUT2D eigenvalue weighted by Crippen LogP contribution is -2.43. The quantitative estimate of drug-likeness (QED) is 0.203. The molecule has 0 spiro atoms. The number of aldehydes is 1. The van der Waals surface area contributed by atoms with Crippen LogP contribution in [0.25, 0.3) is 0 Å². The number of rotatable bonds is 13. The molecule has 4 rings (SSSR count). The molecule has 3 aromatic carbocycles. The first-order valence-electron chi connectivity index (χ1n) is 11.9. The topological polar surface area (TPSA) is 80.3 Å². The minimum Gasteiger partial charge on any atom is -0.491 e. The summed E-state index contributed by atoms with van der Waals surface area (Å²) < 4.78 is 29.6. The molecule has 1 aliphatic heterocycles. The predicted octanol–water partition coefficient (Wildman–Crippen LogP) is 5.34. The van der Waals surface area contributed by atoms with Crippen molar-refractivity contribution >= 4 is 28.0 Å².